The number of ketones is 1. The van der Waals surface area contributed by atoms with E-state index in [2.05, 4.69) is 0 Å². The summed E-state index contributed by atoms with van der Waals surface area (Å²) in [5.41, 5.74) is 0.208. The molecule has 0 atom stereocenters. The summed E-state index contributed by atoms with van der Waals surface area (Å²) >= 11 is 0. The van der Waals surface area contributed by atoms with Crippen LogP contribution in [0.15, 0.2) is 54.6 Å². The standard InChI is InChI=1S/C8H6O3.C8H10O2.Na/c9-7(8(10)11)6-4-2-1-3-5-6;1-9-7-5-3-4-6-8(7)10-2;/h1-5H,(H,10,11);3-6H,1-2H3;. The molecule has 1 radical (unpaired) electrons. The maximum atomic E-state index is 10.7. The van der Waals surface area contributed by atoms with Crippen molar-refractivity contribution >= 4 is 41.3 Å². The Kier molecular flexibility index (Phi) is 9.95. The van der Waals surface area contributed by atoms with E-state index in [1.807, 2.05) is 24.3 Å². The van der Waals surface area contributed by atoms with E-state index in [0.717, 1.165) is 11.5 Å². The smallest absolute Gasteiger partial charge is 0.377 e. The Morgan fingerprint density at radius 2 is 1.23 bits per heavy atom. The van der Waals surface area contributed by atoms with Crippen LogP contribution in [0.2, 0.25) is 0 Å². The summed E-state index contributed by atoms with van der Waals surface area (Å²) < 4.78 is 10.0. The van der Waals surface area contributed by atoms with E-state index in [-0.39, 0.29) is 35.1 Å². The molecule has 0 spiro atoms. The Morgan fingerprint density at radius 3 is 1.59 bits per heavy atom. The monoisotopic (exact) mass is 311 g/mol. The molecule has 0 saturated heterocycles. The van der Waals surface area contributed by atoms with Gasteiger partial charge >= 0.3 is 5.97 Å². The number of rotatable bonds is 4. The fourth-order valence-corrected chi connectivity index (χ4v) is 1.50. The van der Waals surface area contributed by atoms with Crippen LogP contribution < -0.4 is 9.47 Å². The quantitative estimate of drug-likeness (QED) is 0.533. The molecular formula is C16H16NaO5. The van der Waals surface area contributed by atoms with Gasteiger partial charge in [0.1, 0.15) is 0 Å². The average molecular weight is 311 g/mol. The van der Waals surface area contributed by atoms with Crippen LogP contribution in [0, 0.1) is 0 Å². The van der Waals surface area contributed by atoms with Crippen LogP contribution in [0.3, 0.4) is 0 Å². The molecule has 0 aliphatic rings. The van der Waals surface area contributed by atoms with Crippen LogP contribution in [0.1, 0.15) is 10.4 Å². The van der Waals surface area contributed by atoms with Crippen molar-refractivity contribution in [1.82, 2.24) is 0 Å². The molecule has 0 saturated carbocycles. The second-order valence-electron chi connectivity index (χ2n) is 3.86. The van der Waals surface area contributed by atoms with Crippen LogP contribution >= 0.6 is 0 Å². The number of hydrogen-bond acceptors (Lipinski definition) is 4. The van der Waals surface area contributed by atoms with Crippen molar-refractivity contribution in [3.63, 3.8) is 0 Å². The fraction of sp³-hybridized carbons (Fsp3) is 0.125. The summed E-state index contributed by atoms with van der Waals surface area (Å²) in [5.74, 6) is -0.753. The third kappa shape index (κ3) is 6.30. The summed E-state index contributed by atoms with van der Waals surface area (Å²) in [6.45, 7) is 0. The number of benzene rings is 2. The molecule has 0 bridgehead atoms. The Balaban J connectivity index is 0.000000385. The zero-order valence-electron chi connectivity index (χ0n) is 12.8. The molecule has 1 N–H and O–H groups in total. The Bertz CT molecular complexity index is 575. The van der Waals surface area contributed by atoms with Crippen molar-refractivity contribution in [2.75, 3.05) is 14.2 Å². The molecular weight excluding hydrogens is 295 g/mol. The first kappa shape index (κ1) is 20.2. The van der Waals surface area contributed by atoms with E-state index in [0.29, 0.717) is 0 Å². The minimum absolute atomic E-state index is 0. The molecule has 2 rings (SSSR count). The number of carboxylic acid groups (broad SMARTS) is 1. The van der Waals surface area contributed by atoms with Crippen molar-refractivity contribution in [3.05, 3.63) is 60.2 Å². The van der Waals surface area contributed by atoms with Gasteiger partial charge in [0.2, 0.25) is 0 Å². The number of methoxy groups -OCH3 is 2. The van der Waals surface area contributed by atoms with E-state index in [9.17, 15) is 9.59 Å². The number of hydrogen-bond donors (Lipinski definition) is 1. The normalized spacial score (nSPS) is 8.64. The number of aliphatic carboxylic acids is 1. The molecule has 6 heteroatoms. The molecule has 0 heterocycles. The number of para-hydroxylation sites is 2. The Labute approximate surface area is 151 Å². The van der Waals surface area contributed by atoms with Gasteiger partial charge in [-0.3, -0.25) is 4.79 Å². The SMILES string of the molecule is COc1ccccc1OC.O=C(O)C(=O)c1ccccc1.[Na]. The molecule has 0 fully saturated rings. The summed E-state index contributed by atoms with van der Waals surface area (Å²) in [5, 5.41) is 8.29. The van der Waals surface area contributed by atoms with Gasteiger partial charge in [-0.15, -0.1) is 0 Å². The van der Waals surface area contributed by atoms with Crippen molar-refractivity contribution in [1.29, 1.82) is 0 Å². The minimum Gasteiger partial charge on any atom is -0.493 e. The van der Waals surface area contributed by atoms with E-state index < -0.39 is 11.8 Å². The van der Waals surface area contributed by atoms with Gasteiger partial charge < -0.3 is 14.6 Å². The van der Waals surface area contributed by atoms with Crippen LogP contribution in [0.5, 0.6) is 11.5 Å². The molecule has 0 aromatic heterocycles. The number of carbonyl (C=O) groups excluding carboxylic acids is 1. The molecule has 22 heavy (non-hydrogen) atoms. The van der Waals surface area contributed by atoms with Crippen molar-refractivity contribution in [2.24, 2.45) is 0 Å². The molecule has 2 aromatic rings. The zero-order chi connectivity index (χ0) is 15.7. The fourth-order valence-electron chi connectivity index (χ4n) is 1.50. The molecule has 0 aliphatic heterocycles. The van der Waals surface area contributed by atoms with E-state index in [1.165, 1.54) is 12.1 Å². The van der Waals surface area contributed by atoms with Gasteiger partial charge in [0.05, 0.1) is 14.2 Å². The molecule has 111 valence electrons. The third-order valence-corrected chi connectivity index (χ3v) is 2.52. The van der Waals surface area contributed by atoms with Gasteiger partial charge in [0.15, 0.2) is 11.5 Å². The molecule has 2 aromatic carbocycles. The van der Waals surface area contributed by atoms with Crippen LogP contribution in [-0.4, -0.2) is 60.6 Å². The predicted octanol–water partition coefficient (Wildman–Crippen LogP) is 2.28. The van der Waals surface area contributed by atoms with Crippen molar-refractivity contribution in [3.8, 4) is 11.5 Å². The van der Waals surface area contributed by atoms with Gasteiger partial charge in [-0.25, -0.2) is 4.79 Å². The number of Topliss-reactive ketones (excluding diaryl/α,β-unsaturated/α-hetero) is 1. The summed E-state index contributed by atoms with van der Waals surface area (Å²) in [6, 6.07) is 15.4. The maximum Gasteiger partial charge on any atom is 0.377 e. The van der Waals surface area contributed by atoms with Gasteiger partial charge in [0, 0.05) is 35.1 Å². The first-order valence-corrected chi connectivity index (χ1v) is 6.09. The maximum absolute atomic E-state index is 10.7. The molecule has 0 unspecified atom stereocenters. The summed E-state index contributed by atoms with van der Waals surface area (Å²) in [7, 11) is 3.25. The first-order valence-electron chi connectivity index (χ1n) is 6.09. The van der Waals surface area contributed by atoms with E-state index in [1.54, 1.807) is 32.4 Å². The van der Waals surface area contributed by atoms with Crippen molar-refractivity contribution in [2.45, 2.75) is 0 Å². The Hall–Kier alpha value is -1.82. The predicted molar refractivity (Wildman–Crippen MR) is 83.7 cm³/mol. The second-order valence-corrected chi connectivity index (χ2v) is 3.86. The number of carboxylic acids is 1. The van der Waals surface area contributed by atoms with Crippen molar-refractivity contribution < 1.29 is 24.2 Å². The van der Waals surface area contributed by atoms with Crippen LogP contribution in [-0.2, 0) is 4.79 Å². The zero-order valence-corrected chi connectivity index (χ0v) is 14.8. The van der Waals surface area contributed by atoms with Gasteiger partial charge in [-0.05, 0) is 12.1 Å². The summed E-state index contributed by atoms with van der Waals surface area (Å²) in [6.07, 6.45) is 0. The van der Waals surface area contributed by atoms with Gasteiger partial charge in [-0.1, -0.05) is 42.5 Å². The van der Waals surface area contributed by atoms with Gasteiger partial charge in [0.25, 0.3) is 5.78 Å². The van der Waals surface area contributed by atoms with Crippen LogP contribution in [0.4, 0.5) is 0 Å². The number of ether oxygens (including phenoxy) is 2. The van der Waals surface area contributed by atoms with E-state index >= 15 is 0 Å². The molecule has 5 nitrogen and oxygen atoms in total. The summed E-state index contributed by atoms with van der Waals surface area (Å²) in [4.78, 5) is 20.9. The minimum atomic E-state index is -1.42. The molecule has 0 amide bonds. The van der Waals surface area contributed by atoms with E-state index in [4.69, 9.17) is 14.6 Å². The van der Waals surface area contributed by atoms with Crippen LogP contribution in [0.25, 0.3) is 0 Å². The number of carbonyl (C=O) groups is 2. The Morgan fingerprint density at radius 1 is 0.818 bits per heavy atom. The third-order valence-electron chi connectivity index (χ3n) is 2.52. The average Bonchev–Trinajstić information content (AvgIpc) is 2.55. The topological polar surface area (TPSA) is 72.8 Å². The second kappa shape index (κ2) is 10.8. The first-order chi connectivity index (χ1) is 10.1. The molecule has 0 aliphatic carbocycles. The largest absolute Gasteiger partial charge is 0.493 e. The van der Waals surface area contributed by atoms with Gasteiger partial charge in [-0.2, -0.15) is 0 Å².